The molecule has 0 saturated heterocycles. The van der Waals surface area contributed by atoms with Gasteiger partial charge >= 0.3 is 154 Å². The summed E-state index contributed by atoms with van der Waals surface area (Å²) in [6.45, 7) is 4.76. The molecule has 118 valence electrons. The average molecular weight is 432 g/mol. The Morgan fingerprint density at radius 1 is 0.565 bits per heavy atom. The van der Waals surface area contributed by atoms with Crippen molar-refractivity contribution in [2.45, 2.75) is 17.0 Å². The third-order valence-corrected chi connectivity index (χ3v) is 12.3. The van der Waals surface area contributed by atoms with Gasteiger partial charge in [-0.15, -0.1) is 0 Å². The zero-order chi connectivity index (χ0) is 16.3. The van der Waals surface area contributed by atoms with Crippen LogP contribution in [0, 0.1) is 0 Å². The summed E-state index contributed by atoms with van der Waals surface area (Å²) < 4.78 is 0.134. The molecule has 0 saturated carbocycles. The molecule has 0 amide bonds. The molecule has 0 aromatic heterocycles. The third-order valence-electron chi connectivity index (χ3n) is 4.51. The van der Waals surface area contributed by atoms with Crippen LogP contribution in [0.25, 0.3) is 0 Å². The molecule has 3 aromatic rings. The van der Waals surface area contributed by atoms with Gasteiger partial charge in [0.15, 0.2) is 0 Å². The summed E-state index contributed by atoms with van der Waals surface area (Å²) in [6.07, 6.45) is 0. The molecular formula is C21H22IP. The number of halogens is 1. The Balaban J connectivity index is 2.41. The van der Waals surface area contributed by atoms with Crippen molar-refractivity contribution in [3.8, 4) is 0 Å². The topological polar surface area (TPSA) is 0 Å². The summed E-state index contributed by atoms with van der Waals surface area (Å²) in [4.78, 5) is 0. The minimum atomic E-state index is -2.14. The number of benzene rings is 3. The zero-order valence-electron chi connectivity index (χ0n) is 13.5. The summed E-state index contributed by atoms with van der Waals surface area (Å²) in [7, 11) is -2.14. The summed E-state index contributed by atoms with van der Waals surface area (Å²) in [6, 6.07) is 33.2. The van der Waals surface area contributed by atoms with Gasteiger partial charge in [0, 0.05) is 0 Å². The second-order valence-corrected chi connectivity index (χ2v) is 14.5. The van der Waals surface area contributed by atoms with Crippen LogP contribution in [0.2, 0.25) is 0 Å². The second kappa shape index (κ2) is 6.75. The molecule has 0 aliphatic rings. The Bertz CT molecular complexity index is 649. The van der Waals surface area contributed by atoms with E-state index in [0.29, 0.717) is 0 Å². The molecule has 0 N–H and O–H groups in total. The molecule has 0 nitrogen and oxygen atoms in total. The molecule has 0 bridgehead atoms. The first-order chi connectivity index (χ1) is 11.1. The van der Waals surface area contributed by atoms with Gasteiger partial charge in [-0.05, 0) is 0 Å². The summed E-state index contributed by atoms with van der Waals surface area (Å²) in [5.41, 5.74) is 0. The van der Waals surface area contributed by atoms with Crippen molar-refractivity contribution in [2.24, 2.45) is 0 Å². The van der Waals surface area contributed by atoms with E-state index < -0.39 is 7.26 Å². The number of hydrogen-bond acceptors (Lipinski definition) is 0. The van der Waals surface area contributed by atoms with E-state index in [2.05, 4.69) is 127 Å². The van der Waals surface area contributed by atoms with Crippen molar-refractivity contribution in [1.29, 1.82) is 0 Å². The third kappa shape index (κ3) is 2.97. The quantitative estimate of drug-likeness (QED) is 0.313. The van der Waals surface area contributed by atoms with E-state index in [9.17, 15) is 0 Å². The number of hydrogen-bond donors (Lipinski definition) is 0. The van der Waals surface area contributed by atoms with Gasteiger partial charge in [0.25, 0.3) is 0 Å². The fourth-order valence-corrected chi connectivity index (χ4v) is 11.5. The van der Waals surface area contributed by atoms with Gasteiger partial charge in [-0.2, -0.15) is 0 Å². The monoisotopic (exact) mass is 432 g/mol. The Morgan fingerprint density at radius 3 is 1.04 bits per heavy atom. The van der Waals surface area contributed by atoms with E-state index >= 15 is 0 Å². The van der Waals surface area contributed by atoms with Crippen LogP contribution in [0.4, 0.5) is 0 Å². The molecule has 0 spiro atoms. The van der Waals surface area contributed by atoms with Crippen LogP contribution in [0.1, 0.15) is 13.8 Å². The predicted molar refractivity (Wildman–Crippen MR) is 115 cm³/mol. The van der Waals surface area contributed by atoms with Gasteiger partial charge < -0.3 is 0 Å². The molecule has 0 radical (unpaired) electrons. The van der Waals surface area contributed by atoms with Gasteiger partial charge in [0.1, 0.15) is 0 Å². The molecule has 0 heterocycles. The molecule has 2 heteroatoms. The predicted octanol–water partition coefficient (Wildman–Crippen LogP) is 4.88. The van der Waals surface area contributed by atoms with Crippen LogP contribution in [0.15, 0.2) is 91.0 Å². The van der Waals surface area contributed by atoms with E-state index in [1.165, 1.54) is 15.9 Å². The fourth-order valence-electron chi connectivity index (χ4n) is 3.59. The fraction of sp³-hybridized carbons (Fsp3) is 0.143. The Morgan fingerprint density at radius 2 is 0.826 bits per heavy atom. The second-order valence-electron chi connectivity index (χ2n) is 6.32. The standard InChI is InChI=1S/C21H22IP/c1-21(2,22)23(18-12-6-3-7-13-18,19-14-8-4-9-15-19)20-16-10-5-11-17-20/h3-17,23H,1-2H3. The molecule has 0 fully saturated rings. The maximum atomic E-state index is 2.66. The minimum absolute atomic E-state index is 0.134. The summed E-state index contributed by atoms with van der Waals surface area (Å²) in [5, 5.41) is 4.41. The van der Waals surface area contributed by atoms with Gasteiger partial charge in [-0.1, -0.05) is 0 Å². The van der Waals surface area contributed by atoms with Crippen LogP contribution in [-0.2, 0) is 0 Å². The van der Waals surface area contributed by atoms with Crippen molar-refractivity contribution in [1.82, 2.24) is 0 Å². The first kappa shape index (κ1) is 16.7. The molecule has 23 heavy (non-hydrogen) atoms. The molecule has 0 aliphatic heterocycles. The molecule has 0 atom stereocenters. The van der Waals surface area contributed by atoms with Crippen LogP contribution in [-0.4, -0.2) is 3.16 Å². The van der Waals surface area contributed by atoms with Crippen molar-refractivity contribution in [3.05, 3.63) is 91.0 Å². The zero-order valence-corrected chi connectivity index (χ0v) is 16.7. The Hall–Kier alpha value is -1.18. The maximum absolute atomic E-state index is 2.66. The van der Waals surface area contributed by atoms with Crippen LogP contribution in [0.3, 0.4) is 0 Å². The Kier molecular flexibility index (Phi) is 4.89. The summed E-state index contributed by atoms with van der Waals surface area (Å²) in [5.74, 6) is 0. The normalized spacial score (nSPS) is 12.8. The molecule has 0 unspecified atom stereocenters. The van der Waals surface area contributed by atoms with Gasteiger partial charge in [-0.25, -0.2) is 0 Å². The number of alkyl halides is 1. The van der Waals surface area contributed by atoms with E-state index in [-0.39, 0.29) is 3.16 Å². The van der Waals surface area contributed by atoms with Crippen LogP contribution in [0.5, 0.6) is 0 Å². The van der Waals surface area contributed by atoms with E-state index in [1.807, 2.05) is 0 Å². The molecule has 0 aliphatic carbocycles. The van der Waals surface area contributed by atoms with Gasteiger partial charge in [0.2, 0.25) is 0 Å². The van der Waals surface area contributed by atoms with Gasteiger partial charge in [-0.3, -0.25) is 0 Å². The average Bonchev–Trinajstić information content (AvgIpc) is 2.57. The van der Waals surface area contributed by atoms with E-state index in [1.54, 1.807) is 0 Å². The molecule has 3 rings (SSSR count). The SMILES string of the molecule is CC(C)(I)[PH](c1ccccc1)(c1ccccc1)c1ccccc1. The van der Waals surface area contributed by atoms with E-state index in [4.69, 9.17) is 0 Å². The van der Waals surface area contributed by atoms with Crippen molar-refractivity contribution in [3.63, 3.8) is 0 Å². The van der Waals surface area contributed by atoms with E-state index in [0.717, 1.165) is 0 Å². The van der Waals surface area contributed by atoms with Gasteiger partial charge in [0.05, 0.1) is 0 Å². The first-order valence-electron chi connectivity index (χ1n) is 7.92. The van der Waals surface area contributed by atoms with Crippen LogP contribution < -0.4 is 15.9 Å². The first-order valence-corrected chi connectivity index (χ1v) is 11.0. The van der Waals surface area contributed by atoms with Crippen molar-refractivity contribution in [2.75, 3.05) is 0 Å². The van der Waals surface area contributed by atoms with Crippen molar-refractivity contribution >= 4 is 45.8 Å². The van der Waals surface area contributed by atoms with Crippen LogP contribution >= 0.6 is 29.9 Å². The van der Waals surface area contributed by atoms with Crippen molar-refractivity contribution < 1.29 is 0 Å². The number of rotatable bonds is 4. The molecular weight excluding hydrogens is 410 g/mol. The molecule has 3 aromatic carbocycles. The Labute approximate surface area is 153 Å². The summed E-state index contributed by atoms with van der Waals surface area (Å²) >= 11 is 2.66.